The lowest BCUT2D eigenvalue weighted by Gasteiger charge is -2.13. The van der Waals surface area contributed by atoms with Crippen LogP contribution in [-0.2, 0) is 17.9 Å². The van der Waals surface area contributed by atoms with Crippen molar-refractivity contribution in [2.75, 3.05) is 13.1 Å². The number of aryl methyl sites for hydroxylation is 1. The fraction of sp³-hybridized carbons (Fsp3) is 0.636. The van der Waals surface area contributed by atoms with E-state index in [4.69, 9.17) is 5.11 Å². The maximum absolute atomic E-state index is 10.8. The smallest absolute Gasteiger partial charge is 0.307 e. The lowest BCUT2D eigenvalue weighted by Crippen LogP contribution is -2.22. The topological polar surface area (TPSA) is 58.4 Å². The van der Waals surface area contributed by atoms with Crippen LogP contribution in [0.1, 0.15) is 18.9 Å². The fourth-order valence-corrected chi connectivity index (χ4v) is 2.10. The predicted octanol–water partition coefficient (Wildman–Crippen LogP) is 0.809. The molecular formula is C11H17N3O2. The highest BCUT2D eigenvalue weighted by Gasteiger charge is 2.27. The van der Waals surface area contributed by atoms with Crippen molar-refractivity contribution in [3.05, 3.63) is 18.0 Å². The van der Waals surface area contributed by atoms with Gasteiger partial charge >= 0.3 is 5.97 Å². The van der Waals surface area contributed by atoms with Gasteiger partial charge in [0.1, 0.15) is 0 Å². The second kappa shape index (κ2) is 4.65. The molecule has 88 valence electrons. The van der Waals surface area contributed by atoms with E-state index in [9.17, 15) is 4.79 Å². The highest BCUT2D eigenvalue weighted by atomic mass is 16.4. The van der Waals surface area contributed by atoms with Crippen molar-refractivity contribution < 1.29 is 9.90 Å². The van der Waals surface area contributed by atoms with Crippen molar-refractivity contribution in [2.45, 2.75) is 26.4 Å². The van der Waals surface area contributed by atoms with Crippen LogP contribution in [-0.4, -0.2) is 38.8 Å². The largest absolute Gasteiger partial charge is 0.481 e. The first kappa shape index (κ1) is 11.1. The minimum atomic E-state index is -0.674. The molecule has 2 rings (SSSR count). The van der Waals surface area contributed by atoms with Crippen molar-refractivity contribution in [2.24, 2.45) is 5.92 Å². The molecule has 0 bridgehead atoms. The van der Waals surface area contributed by atoms with Gasteiger partial charge in [-0.15, -0.1) is 0 Å². The van der Waals surface area contributed by atoms with E-state index in [1.807, 2.05) is 24.0 Å². The van der Waals surface area contributed by atoms with E-state index < -0.39 is 5.97 Å². The zero-order valence-electron chi connectivity index (χ0n) is 9.46. The molecule has 5 heteroatoms. The van der Waals surface area contributed by atoms with E-state index in [2.05, 4.69) is 10.00 Å². The molecule has 1 atom stereocenters. The number of nitrogens with zero attached hydrogens (tertiary/aromatic N) is 3. The van der Waals surface area contributed by atoms with Gasteiger partial charge in [-0.05, 0) is 19.9 Å². The Labute approximate surface area is 94.7 Å². The van der Waals surface area contributed by atoms with Crippen LogP contribution in [0.2, 0.25) is 0 Å². The highest BCUT2D eigenvalue weighted by molar-refractivity contribution is 5.70. The van der Waals surface area contributed by atoms with Crippen molar-refractivity contribution in [3.8, 4) is 0 Å². The van der Waals surface area contributed by atoms with Crippen molar-refractivity contribution in [1.82, 2.24) is 14.7 Å². The summed E-state index contributed by atoms with van der Waals surface area (Å²) in [7, 11) is 0. The van der Waals surface area contributed by atoms with Gasteiger partial charge in [0.2, 0.25) is 0 Å². The molecule has 1 aromatic rings. The number of carboxylic acids is 1. The summed E-state index contributed by atoms with van der Waals surface area (Å²) in [4.78, 5) is 13.0. The van der Waals surface area contributed by atoms with Gasteiger partial charge in [-0.25, -0.2) is 0 Å². The molecule has 5 nitrogen and oxygen atoms in total. The Morgan fingerprint density at radius 3 is 3.06 bits per heavy atom. The SMILES string of the molecule is CCn1cc(CN2CCC(C(=O)O)C2)cn1. The molecular weight excluding hydrogens is 206 g/mol. The number of aliphatic carboxylic acids is 1. The first-order valence-electron chi connectivity index (χ1n) is 5.65. The van der Waals surface area contributed by atoms with Crippen LogP contribution in [0.4, 0.5) is 0 Å². The molecule has 0 aromatic carbocycles. The molecule has 1 unspecified atom stereocenters. The number of hydrogen-bond acceptors (Lipinski definition) is 3. The van der Waals surface area contributed by atoms with E-state index in [1.165, 1.54) is 0 Å². The van der Waals surface area contributed by atoms with Crippen LogP contribution in [0.25, 0.3) is 0 Å². The summed E-state index contributed by atoms with van der Waals surface area (Å²) in [5.74, 6) is -0.868. The van der Waals surface area contributed by atoms with Crippen LogP contribution in [0.15, 0.2) is 12.4 Å². The minimum absolute atomic E-state index is 0.193. The second-order valence-corrected chi connectivity index (χ2v) is 4.26. The Morgan fingerprint density at radius 1 is 1.69 bits per heavy atom. The third-order valence-electron chi connectivity index (χ3n) is 3.04. The molecule has 0 saturated carbocycles. The van der Waals surface area contributed by atoms with Gasteiger partial charge in [0.15, 0.2) is 0 Å². The fourth-order valence-electron chi connectivity index (χ4n) is 2.10. The van der Waals surface area contributed by atoms with Gasteiger partial charge in [-0.1, -0.05) is 0 Å². The van der Waals surface area contributed by atoms with Crippen molar-refractivity contribution in [3.63, 3.8) is 0 Å². The average Bonchev–Trinajstić information content (AvgIpc) is 2.87. The molecule has 0 amide bonds. The Kier molecular flexibility index (Phi) is 3.24. The number of carboxylic acid groups (broad SMARTS) is 1. The Morgan fingerprint density at radius 2 is 2.50 bits per heavy atom. The molecule has 1 aliphatic rings. The summed E-state index contributed by atoms with van der Waals surface area (Å²) in [6, 6.07) is 0. The van der Waals surface area contributed by atoms with Crippen molar-refractivity contribution in [1.29, 1.82) is 0 Å². The lowest BCUT2D eigenvalue weighted by molar-refractivity contribution is -0.141. The molecule has 1 aromatic heterocycles. The van der Waals surface area contributed by atoms with Gasteiger partial charge in [0.05, 0.1) is 12.1 Å². The summed E-state index contributed by atoms with van der Waals surface area (Å²) < 4.78 is 1.89. The maximum atomic E-state index is 10.8. The molecule has 0 aliphatic carbocycles. The molecule has 0 spiro atoms. The van der Waals surface area contributed by atoms with Gasteiger partial charge in [-0.2, -0.15) is 5.10 Å². The van der Waals surface area contributed by atoms with Crippen LogP contribution >= 0.6 is 0 Å². The summed E-state index contributed by atoms with van der Waals surface area (Å²) >= 11 is 0. The van der Waals surface area contributed by atoms with E-state index >= 15 is 0 Å². The Balaban J connectivity index is 1.89. The van der Waals surface area contributed by atoms with Crippen molar-refractivity contribution >= 4 is 5.97 Å². The summed E-state index contributed by atoms with van der Waals surface area (Å²) in [6.07, 6.45) is 4.64. The molecule has 1 fully saturated rings. The van der Waals surface area contributed by atoms with Crippen LogP contribution < -0.4 is 0 Å². The van der Waals surface area contributed by atoms with Crippen LogP contribution in [0, 0.1) is 5.92 Å². The number of carbonyl (C=O) groups is 1. The molecule has 1 aliphatic heterocycles. The Hall–Kier alpha value is -1.36. The third kappa shape index (κ3) is 2.41. The molecule has 0 radical (unpaired) electrons. The minimum Gasteiger partial charge on any atom is -0.481 e. The maximum Gasteiger partial charge on any atom is 0.307 e. The summed E-state index contributed by atoms with van der Waals surface area (Å²) in [5.41, 5.74) is 1.16. The van der Waals surface area contributed by atoms with Crippen LogP contribution in [0.5, 0.6) is 0 Å². The van der Waals surface area contributed by atoms with Gasteiger partial charge in [0.25, 0.3) is 0 Å². The third-order valence-corrected chi connectivity index (χ3v) is 3.04. The van der Waals surface area contributed by atoms with Gasteiger partial charge in [0, 0.05) is 31.4 Å². The quantitative estimate of drug-likeness (QED) is 0.820. The number of aromatic nitrogens is 2. The highest BCUT2D eigenvalue weighted by Crippen LogP contribution is 2.18. The molecule has 1 saturated heterocycles. The standard InChI is InChI=1S/C11H17N3O2/c1-2-14-7-9(5-12-14)6-13-4-3-10(8-13)11(15)16/h5,7,10H,2-4,6,8H2,1H3,(H,15,16). The second-order valence-electron chi connectivity index (χ2n) is 4.26. The normalized spacial score (nSPS) is 21.4. The van der Waals surface area contributed by atoms with E-state index in [1.54, 1.807) is 0 Å². The van der Waals surface area contributed by atoms with E-state index in [0.717, 1.165) is 31.6 Å². The molecule has 16 heavy (non-hydrogen) atoms. The zero-order valence-corrected chi connectivity index (χ0v) is 9.46. The first-order valence-corrected chi connectivity index (χ1v) is 5.65. The monoisotopic (exact) mass is 223 g/mol. The average molecular weight is 223 g/mol. The summed E-state index contributed by atoms with van der Waals surface area (Å²) in [6.45, 7) is 5.26. The van der Waals surface area contributed by atoms with Gasteiger partial charge in [-0.3, -0.25) is 14.4 Å². The first-order chi connectivity index (χ1) is 7.69. The molecule has 2 heterocycles. The number of rotatable bonds is 4. The van der Waals surface area contributed by atoms with Crippen LogP contribution in [0.3, 0.4) is 0 Å². The van der Waals surface area contributed by atoms with E-state index in [0.29, 0.717) is 6.54 Å². The summed E-state index contributed by atoms with van der Waals surface area (Å²) in [5, 5.41) is 13.1. The van der Waals surface area contributed by atoms with Gasteiger partial charge < -0.3 is 5.11 Å². The van der Waals surface area contributed by atoms with E-state index in [-0.39, 0.29) is 5.92 Å². The predicted molar refractivity (Wildman–Crippen MR) is 58.9 cm³/mol. The zero-order chi connectivity index (χ0) is 11.5. The molecule has 1 N–H and O–H groups in total. The number of hydrogen-bond donors (Lipinski definition) is 1. The Bertz CT molecular complexity index is 375. The lowest BCUT2D eigenvalue weighted by atomic mass is 10.1. The number of likely N-dealkylation sites (tertiary alicyclic amines) is 1.